The van der Waals surface area contributed by atoms with Crippen molar-refractivity contribution in [1.29, 1.82) is 0 Å². The van der Waals surface area contributed by atoms with Gasteiger partial charge in [0, 0.05) is 12.0 Å². The molecular formula is C18H18N4O3S. The van der Waals surface area contributed by atoms with Crippen LogP contribution in [0, 0.1) is 4.77 Å². The SMILES string of the molecule is COc1ccc(Cc2n[nH]c(=S)n2/N=C/c2cc(OC)ccc2O)cc1. The van der Waals surface area contributed by atoms with E-state index in [0.29, 0.717) is 28.3 Å². The number of H-pyrrole nitrogens is 1. The van der Waals surface area contributed by atoms with Crippen molar-refractivity contribution in [2.75, 3.05) is 14.2 Å². The summed E-state index contributed by atoms with van der Waals surface area (Å²) in [7, 11) is 3.19. The molecule has 0 saturated heterocycles. The Hall–Kier alpha value is -3.13. The fourth-order valence-electron chi connectivity index (χ4n) is 2.37. The minimum absolute atomic E-state index is 0.0984. The molecule has 0 unspecified atom stereocenters. The first-order valence-electron chi connectivity index (χ1n) is 7.81. The number of aromatic hydroxyl groups is 1. The van der Waals surface area contributed by atoms with Crippen LogP contribution in [0.2, 0.25) is 0 Å². The van der Waals surface area contributed by atoms with Gasteiger partial charge in [-0.3, -0.25) is 5.10 Å². The number of rotatable bonds is 6. The van der Waals surface area contributed by atoms with Crippen LogP contribution in [-0.4, -0.2) is 40.4 Å². The van der Waals surface area contributed by atoms with Gasteiger partial charge in [0.2, 0.25) is 4.77 Å². The lowest BCUT2D eigenvalue weighted by molar-refractivity contribution is 0.412. The normalized spacial score (nSPS) is 11.0. The Labute approximate surface area is 155 Å². The highest BCUT2D eigenvalue weighted by atomic mass is 32.1. The van der Waals surface area contributed by atoms with Crippen molar-refractivity contribution in [3.8, 4) is 17.2 Å². The molecule has 1 heterocycles. The molecule has 0 radical (unpaired) electrons. The minimum Gasteiger partial charge on any atom is -0.507 e. The number of nitrogens with zero attached hydrogens (tertiary/aromatic N) is 3. The van der Waals surface area contributed by atoms with Gasteiger partial charge < -0.3 is 14.6 Å². The molecule has 7 nitrogen and oxygen atoms in total. The third-order valence-corrected chi connectivity index (χ3v) is 4.05. The van der Waals surface area contributed by atoms with Crippen molar-refractivity contribution >= 4 is 18.4 Å². The second kappa shape index (κ2) is 7.83. The summed E-state index contributed by atoms with van der Waals surface area (Å²) in [5, 5.41) is 21.3. The van der Waals surface area contributed by atoms with E-state index >= 15 is 0 Å². The van der Waals surface area contributed by atoms with Gasteiger partial charge in [0.25, 0.3) is 0 Å². The number of ether oxygens (including phenoxy) is 2. The summed E-state index contributed by atoms with van der Waals surface area (Å²) in [6, 6.07) is 12.6. The second-order valence-electron chi connectivity index (χ2n) is 5.45. The van der Waals surface area contributed by atoms with Crippen LogP contribution in [0.25, 0.3) is 0 Å². The average molecular weight is 370 g/mol. The molecule has 0 aliphatic carbocycles. The zero-order valence-corrected chi connectivity index (χ0v) is 15.2. The number of hydrogen-bond donors (Lipinski definition) is 2. The minimum atomic E-state index is 0.0984. The van der Waals surface area contributed by atoms with Crippen molar-refractivity contribution in [2.24, 2.45) is 5.10 Å². The third kappa shape index (κ3) is 3.92. The van der Waals surface area contributed by atoms with Crippen LogP contribution in [0.3, 0.4) is 0 Å². The van der Waals surface area contributed by atoms with E-state index in [9.17, 15) is 5.11 Å². The topological polar surface area (TPSA) is 84.7 Å². The van der Waals surface area contributed by atoms with Crippen LogP contribution < -0.4 is 9.47 Å². The molecule has 2 N–H and O–H groups in total. The standard InChI is InChI=1S/C18H18N4O3S/c1-24-14-5-3-12(4-6-14)9-17-20-21-18(26)22(17)19-11-13-10-15(25-2)7-8-16(13)23/h3-8,10-11,23H,9H2,1-2H3,(H,21,26)/b19-11+. The molecule has 134 valence electrons. The molecule has 2 aromatic carbocycles. The Kier molecular flexibility index (Phi) is 5.33. The lowest BCUT2D eigenvalue weighted by atomic mass is 10.1. The van der Waals surface area contributed by atoms with Gasteiger partial charge in [-0.25, -0.2) is 0 Å². The molecule has 3 rings (SSSR count). The molecule has 0 bridgehead atoms. The summed E-state index contributed by atoms with van der Waals surface area (Å²) in [5.74, 6) is 2.16. The second-order valence-corrected chi connectivity index (χ2v) is 5.84. The molecule has 8 heteroatoms. The number of phenolic OH excluding ortho intramolecular Hbond substituents is 1. The third-order valence-electron chi connectivity index (χ3n) is 3.79. The summed E-state index contributed by atoms with van der Waals surface area (Å²) >= 11 is 5.25. The van der Waals surface area contributed by atoms with Gasteiger partial charge in [0.15, 0.2) is 5.82 Å². The summed E-state index contributed by atoms with van der Waals surface area (Å²) in [6.45, 7) is 0. The smallest absolute Gasteiger partial charge is 0.216 e. The van der Waals surface area contributed by atoms with E-state index in [0.717, 1.165) is 11.3 Å². The van der Waals surface area contributed by atoms with Crippen molar-refractivity contribution in [2.45, 2.75) is 6.42 Å². The summed E-state index contributed by atoms with van der Waals surface area (Å²) < 4.78 is 12.2. The van der Waals surface area contributed by atoms with E-state index in [-0.39, 0.29) is 5.75 Å². The van der Waals surface area contributed by atoms with Crippen LogP contribution in [-0.2, 0) is 6.42 Å². The van der Waals surface area contributed by atoms with Gasteiger partial charge in [-0.1, -0.05) is 12.1 Å². The Bertz CT molecular complexity index is 977. The molecule has 0 fully saturated rings. The first kappa shape index (κ1) is 17.7. The highest BCUT2D eigenvalue weighted by molar-refractivity contribution is 7.71. The van der Waals surface area contributed by atoms with Gasteiger partial charge in [-0.2, -0.15) is 14.9 Å². The van der Waals surface area contributed by atoms with E-state index in [2.05, 4.69) is 15.3 Å². The van der Waals surface area contributed by atoms with Crippen LogP contribution in [0.15, 0.2) is 47.6 Å². The Morgan fingerprint density at radius 1 is 1.15 bits per heavy atom. The quantitative estimate of drug-likeness (QED) is 0.514. The van der Waals surface area contributed by atoms with E-state index < -0.39 is 0 Å². The molecule has 1 aromatic heterocycles. The molecule has 0 aliphatic rings. The summed E-state index contributed by atoms with van der Waals surface area (Å²) in [4.78, 5) is 0. The fraction of sp³-hybridized carbons (Fsp3) is 0.167. The first-order chi connectivity index (χ1) is 12.6. The highest BCUT2D eigenvalue weighted by Crippen LogP contribution is 2.21. The Balaban J connectivity index is 1.87. The summed E-state index contributed by atoms with van der Waals surface area (Å²) in [5.41, 5.74) is 1.56. The molecule has 0 spiro atoms. The maximum atomic E-state index is 9.96. The number of phenols is 1. The predicted molar refractivity (Wildman–Crippen MR) is 101 cm³/mol. The molecule has 3 aromatic rings. The molecule has 0 atom stereocenters. The lowest BCUT2D eigenvalue weighted by Crippen LogP contribution is -2.00. The van der Waals surface area contributed by atoms with E-state index in [1.54, 1.807) is 32.4 Å². The fourth-order valence-corrected chi connectivity index (χ4v) is 2.56. The number of hydrogen-bond acceptors (Lipinski definition) is 6. The van der Waals surface area contributed by atoms with Gasteiger partial charge in [-0.05, 0) is 48.1 Å². The van der Waals surface area contributed by atoms with Gasteiger partial charge in [-0.15, -0.1) is 0 Å². The van der Waals surface area contributed by atoms with Crippen molar-refractivity contribution in [3.63, 3.8) is 0 Å². The molecule has 0 aliphatic heterocycles. The van der Waals surface area contributed by atoms with E-state index in [1.165, 1.54) is 10.9 Å². The molecule has 26 heavy (non-hydrogen) atoms. The van der Waals surface area contributed by atoms with E-state index in [1.807, 2.05) is 24.3 Å². The van der Waals surface area contributed by atoms with Crippen molar-refractivity contribution < 1.29 is 14.6 Å². The largest absolute Gasteiger partial charge is 0.507 e. The van der Waals surface area contributed by atoms with Gasteiger partial charge in [0.1, 0.15) is 17.2 Å². The van der Waals surface area contributed by atoms with E-state index in [4.69, 9.17) is 21.7 Å². The van der Waals surface area contributed by atoms with Crippen LogP contribution in [0.5, 0.6) is 17.2 Å². The van der Waals surface area contributed by atoms with Crippen LogP contribution >= 0.6 is 12.2 Å². The Morgan fingerprint density at radius 3 is 2.54 bits per heavy atom. The monoisotopic (exact) mass is 370 g/mol. The number of nitrogens with one attached hydrogen (secondary N) is 1. The maximum absolute atomic E-state index is 9.96. The number of benzene rings is 2. The number of methoxy groups -OCH3 is 2. The molecule has 0 saturated carbocycles. The summed E-state index contributed by atoms with van der Waals surface area (Å²) in [6.07, 6.45) is 2.05. The highest BCUT2D eigenvalue weighted by Gasteiger charge is 2.07. The van der Waals surface area contributed by atoms with Gasteiger partial charge >= 0.3 is 0 Å². The zero-order valence-electron chi connectivity index (χ0n) is 14.3. The van der Waals surface area contributed by atoms with Crippen molar-refractivity contribution in [3.05, 3.63) is 64.2 Å². The lowest BCUT2D eigenvalue weighted by Gasteiger charge is -2.05. The van der Waals surface area contributed by atoms with Crippen LogP contribution in [0.4, 0.5) is 0 Å². The molecular weight excluding hydrogens is 352 g/mol. The average Bonchev–Trinajstić information content (AvgIpc) is 3.01. The predicted octanol–water partition coefficient (Wildman–Crippen LogP) is 3.14. The number of aromatic amines is 1. The van der Waals surface area contributed by atoms with Crippen molar-refractivity contribution in [1.82, 2.24) is 14.9 Å². The number of aromatic nitrogens is 3. The Morgan fingerprint density at radius 2 is 1.85 bits per heavy atom. The molecule has 0 amide bonds. The maximum Gasteiger partial charge on any atom is 0.216 e. The van der Waals surface area contributed by atoms with Crippen LogP contribution in [0.1, 0.15) is 17.0 Å². The van der Waals surface area contributed by atoms with Gasteiger partial charge in [0.05, 0.1) is 20.4 Å². The zero-order chi connectivity index (χ0) is 18.5. The first-order valence-corrected chi connectivity index (χ1v) is 8.22.